The Hall–Kier alpha value is -0.340. The van der Waals surface area contributed by atoms with Crippen molar-refractivity contribution in [1.82, 2.24) is 4.90 Å². The Bertz CT molecular complexity index is 116. The van der Waals surface area contributed by atoms with E-state index in [2.05, 4.69) is 24.1 Å². The minimum absolute atomic E-state index is 0.750. The van der Waals surface area contributed by atoms with Gasteiger partial charge in [0.2, 0.25) is 0 Å². The van der Waals surface area contributed by atoms with Crippen LogP contribution in [0.3, 0.4) is 0 Å². The average Bonchev–Trinajstić information content (AvgIpc) is 1.85. The number of nitrogens with zero attached hydrogens (tertiary/aromatic N) is 1. The van der Waals surface area contributed by atoms with E-state index in [0.29, 0.717) is 0 Å². The van der Waals surface area contributed by atoms with Gasteiger partial charge in [0.1, 0.15) is 0 Å². The molecule has 1 rings (SSSR count). The first-order chi connectivity index (χ1) is 4.83. The van der Waals surface area contributed by atoms with Crippen molar-refractivity contribution in [3.63, 3.8) is 0 Å². The van der Waals surface area contributed by atoms with Gasteiger partial charge in [0.05, 0.1) is 6.61 Å². The van der Waals surface area contributed by atoms with Gasteiger partial charge in [-0.05, 0) is 7.05 Å². The van der Waals surface area contributed by atoms with Crippen molar-refractivity contribution in [1.29, 1.82) is 0 Å². The fourth-order valence-corrected chi connectivity index (χ4v) is 1.21. The monoisotopic (exact) mass is 141 g/mol. The topological polar surface area (TPSA) is 12.5 Å². The van der Waals surface area contributed by atoms with E-state index in [1.807, 2.05) is 0 Å². The van der Waals surface area contributed by atoms with E-state index in [0.717, 1.165) is 12.5 Å². The molecule has 0 aromatic carbocycles. The molecule has 1 saturated heterocycles. The summed E-state index contributed by atoms with van der Waals surface area (Å²) in [5.74, 6) is 0.778. The summed E-state index contributed by atoms with van der Waals surface area (Å²) in [6.45, 7) is 3.17. The molecule has 0 unspecified atom stereocenters. The van der Waals surface area contributed by atoms with Crippen molar-refractivity contribution in [2.75, 3.05) is 33.9 Å². The van der Waals surface area contributed by atoms with Crippen molar-refractivity contribution < 1.29 is 4.74 Å². The third kappa shape index (κ3) is 2.12. The highest BCUT2D eigenvalue weighted by Gasteiger charge is 2.19. The van der Waals surface area contributed by atoms with E-state index < -0.39 is 0 Å². The van der Waals surface area contributed by atoms with Gasteiger partial charge < -0.3 is 9.64 Å². The molecule has 10 heavy (non-hydrogen) atoms. The van der Waals surface area contributed by atoms with Gasteiger partial charge >= 0.3 is 0 Å². The Morgan fingerprint density at radius 3 is 2.80 bits per heavy atom. The Morgan fingerprint density at radius 2 is 2.30 bits per heavy atom. The molecule has 0 amide bonds. The van der Waals surface area contributed by atoms with Crippen LogP contribution in [0.4, 0.5) is 0 Å². The zero-order valence-corrected chi connectivity index (χ0v) is 6.71. The normalized spacial score (nSPS) is 21.8. The second kappa shape index (κ2) is 3.74. The lowest BCUT2D eigenvalue weighted by Crippen LogP contribution is -2.42. The van der Waals surface area contributed by atoms with Gasteiger partial charge in [0, 0.05) is 26.1 Å². The second-order valence-corrected chi connectivity index (χ2v) is 2.86. The van der Waals surface area contributed by atoms with Crippen LogP contribution in [0.2, 0.25) is 0 Å². The Balaban J connectivity index is 2.04. The van der Waals surface area contributed by atoms with Crippen LogP contribution in [0, 0.1) is 5.92 Å². The number of methoxy groups -OCH3 is 1. The molecule has 1 heterocycles. The molecule has 0 spiro atoms. The van der Waals surface area contributed by atoms with Gasteiger partial charge in [-0.3, -0.25) is 0 Å². The summed E-state index contributed by atoms with van der Waals surface area (Å²) in [4.78, 5) is 2.31. The molecule has 0 aromatic heterocycles. The zero-order chi connectivity index (χ0) is 7.40. The highest BCUT2D eigenvalue weighted by atomic mass is 16.5. The molecule has 0 aliphatic carbocycles. The standard InChI is InChI=1S/C8H15NO/c1-9-6-8(7-9)4-3-5-10-2/h3-4,8H,5-7H2,1-2H3/b4-3+. The summed E-state index contributed by atoms with van der Waals surface area (Å²) < 4.78 is 4.89. The van der Waals surface area contributed by atoms with E-state index in [4.69, 9.17) is 4.74 Å². The zero-order valence-electron chi connectivity index (χ0n) is 6.71. The van der Waals surface area contributed by atoms with Crippen molar-refractivity contribution in [2.24, 2.45) is 5.92 Å². The molecule has 58 valence electrons. The smallest absolute Gasteiger partial charge is 0.0643 e. The van der Waals surface area contributed by atoms with Gasteiger partial charge in [-0.25, -0.2) is 0 Å². The van der Waals surface area contributed by atoms with E-state index in [1.54, 1.807) is 7.11 Å². The molecule has 0 N–H and O–H groups in total. The van der Waals surface area contributed by atoms with Crippen LogP contribution < -0.4 is 0 Å². The first-order valence-corrected chi connectivity index (χ1v) is 3.67. The number of rotatable bonds is 3. The lowest BCUT2D eigenvalue weighted by molar-refractivity contribution is 0.168. The molecule has 1 aliphatic rings. The molecule has 0 bridgehead atoms. The number of likely N-dealkylation sites (tertiary alicyclic amines) is 1. The third-order valence-corrected chi connectivity index (χ3v) is 1.76. The molecule has 1 fully saturated rings. The van der Waals surface area contributed by atoms with Gasteiger partial charge in [-0.15, -0.1) is 0 Å². The van der Waals surface area contributed by atoms with Crippen LogP contribution in [0.1, 0.15) is 0 Å². The maximum absolute atomic E-state index is 4.89. The summed E-state index contributed by atoms with van der Waals surface area (Å²) in [6, 6.07) is 0. The highest BCUT2D eigenvalue weighted by Crippen LogP contribution is 2.13. The minimum Gasteiger partial charge on any atom is -0.381 e. The molecule has 0 atom stereocenters. The fraction of sp³-hybridized carbons (Fsp3) is 0.750. The summed E-state index contributed by atoms with van der Waals surface area (Å²) in [7, 11) is 3.86. The lowest BCUT2D eigenvalue weighted by atomic mass is 10.0. The SMILES string of the molecule is COC/C=C/C1CN(C)C1. The van der Waals surface area contributed by atoms with Crippen LogP contribution in [0.15, 0.2) is 12.2 Å². The lowest BCUT2D eigenvalue weighted by Gasteiger charge is -2.34. The van der Waals surface area contributed by atoms with E-state index in [1.165, 1.54) is 13.1 Å². The summed E-state index contributed by atoms with van der Waals surface area (Å²) in [6.07, 6.45) is 4.33. The Morgan fingerprint density at radius 1 is 1.60 bits per heavy atom. The van der Waals surface area contributed by atoms with E-state index >= 15 is 0 Å². The quantitative estimate of drug-likeness (QED) is 0.538. The first kappa shape index (κ1) is 7.76. The van der Waals surface area contributed by atoms with Crippen LogP contribution in [-0.4, -0.2) is 38.8 Å². The summed E-state index contributed by atoms with van der Waals surface area (Å²) in [5, 5.41) is 0. The van der Waals surface area contributed by atoms with Crippen LogP contribution in [-0.2, 0) is 4.74 Å². The van der Waals surface area contributed by atoms with Gasteiger partial charge in [-0.1, -0.05) is 12.2 Å². The maximum atomic E-state index is 4.89. The largest absolute Gasteiger partial charge is 0.381 e. The predicted octanol–water partition coefficient (Wildman–Crippen LogP) is 0.751. The number of ether oxygens (including phenoxy) is 1. The average molecular weight is 141 g/mol. The number of hydrogen-bond acceptors (Lipinski definition) is 2. The van der Waals surface area contributed by atoms with Crippen LogP contribution in [0.5, 0.6) is 0 Å². The molecule has 0 saturated carbocycles. The van der Waals surface area contributed by atoms with Crippen molar-refractivity contribution >= 4 is 0 Å². The first-order valence-electron chi connectivity index (χ1n) is 3.67. The van der Waals surface area contributed by atoms with Crippen molar-refractivity contribution in [3.8, 4) is 0 Å². The summed E-state index contributed by atoms with van der Waals surface area (Å²) >= 11 is 0. The van der Waals surface area contributed by atoms with E-state index in [-0.39, 0.29) is 0 Å². The van der Waals surface area contributed by atoms with Crippen molar-refractivity contribution in [2.45, 2.75) is 0 Å². The molecule has 1 aliphatic heterocycles. The van der Waals surface area contributed by atoms with Gasteiger partial charge in [-0.2, -0.15) is 0 Å². The van der Waals surface area contributed by atoms with E-state index in [9.17, 15) is 0 Å². The van der Waals surface area contributed by atoms with Crippen LogP contribution >= 0.6 is 0 Å². The molecular formula is C8H15NO. The Kier molecular flexibility index (Phi) is 2.90. The number of hydrogen-bond donors (Lipinski definition) is 0. The predicted molar refractivity (Wildman–Crippen MR) is 42.0 cm³/mol. The second-order valence-electron chi connectivity index (χ2n) is 2.86. The van der Waals surface area contributed by atoms with Gasteiger partial charge in [0.15, 0.2) is 0 Å². The van der Waals surface area contributed by atoms with Crippen LogP contribution in [0.25, 0.3) is 0 Å². The molecule has 0 radical (unpaired) electrons. The minimum atomic E-state index is 0.750. The van der Waals surface area contributed by atoms with Crippen molar-refractivity contribution in [3.05, 3.63) is 12.2 Å². The highest BCUT2D eigenvalue weighted by molar-refractivity contribution is 4.95. The fourth-order valence-electron chi connectivity index (χ4n) is 1.21. The molecular weight excluding hydrogens is 126 g/mol. The third-order valence-electron chi connectivity index (χ3n) is 1.76. The molecule has 2 nitrogen and oxygen atoms in total. The maximum Gasteiger partial charge on any atom is 0.0643 e. The van der Waals surface area contributed by atoms with Gasteiger partial charge in [0.25, 0.3) is 0 Å². The Labute approximate surface area is 62.5 Å². The molecule has 2 heteroatoms. The summed E-state index contributed by atoms with van der Waals surface area (Å²) in [5.41, 5.74) is 0. The molecule has 0 aromatic rings.